The number of aliphatic hydroxyl groups is 1. The lowest BCUT2D eigenvalue weighted by atomic mass is 9.94. The monoisotopic (exact) mass is 543 g/mol. The van der Waals surface area contributed by atoms with Gasteiger partial charge in [0.05, 0.1) is 25.1 Å². The number of carbonyl (C=O) groups excluding carboxylic acids is 1. The summed E-state index contributed by atoms with van der Waals surface area (Å²) < 4.78 is 21.1. The summed E-state index contributed by atoms with van der Waals surface area (Å²) in [5, 5.41) is 22.5. The van der Waals surface area contributed by atoms with Crippen molar-refractivity contribution in [3.05, 3.63) is 70.8 Å². The van der Waals surface area contributed by atoms with Crippen molar-refractivity contribution in [2.24, 2.45) is 0 Å². The van der Waals surface area contributed by atoms with E-state index in [1.807, 2.05) is 48.5 Å². The van der Waals surface area contributed by atoms with Gasteiger partial charge in [-0.3, -0.25) is 0 Å². The Morgan fingerprint density at radius 1 is 1.05 bits per heavy atom. The van der Waals surface area contributed by atoms with E-state index < -0.39 is 35.2 Å². The van der Waals surface area contributed by atoms with Gasteiger partial charge in [0, 0.05) is 29.9 Å². The third kappa shape index (κ3) is 6.61. The Labute approximate surface area is 226 Å². The molecule has 5 atom stereocenters. The number of alkyl carbamates (subject to hydrolysis) is 1. The van der Waals surface area contributed by atoms with Gasteiger partial charge < -0.3 is 29.7 Å². The quantitative estimate of drug-likeness (QED) is 0.357. The van der Waals surface area contributed by atoms with Crippen molar-refractivity contribution in [3.63, 3.8) is 0 Å². The van der Waals surface area contributed by atoms with Crippen LogP contribution in [0.3, 0.4) is 0 Å². The summed E-state index contributed by atoms with van der Waals surface area (Å²) in [5.41, 5.74) is 3.48. The van der Waals surface area contributed by atoms with E-state index in [2.05, 4.69) is 10.0 Å². The van der Waals surface area contributed by atoms with Gasteiger partial charge in [0.2, 0.25) is 0 Å². The first kappa shape index (κ1) is 28.2. The second-order valence-electron chi connectivity index (χ2n) is 10.9. The van der Waals surface area contributed by atoms with Crippen molar-refractivity contribution < 1.29 is 29.1 Å². The van der Waals surface area contributed by atoms with Crippen LogP contribution in [0.2, 0.25) is 0 Å². The van der Waals surface area contributed by atoms with Gasteiger partial charge in [-0.25, -0.2) is 9.59 Å². The molecular formula is C28H37N3O6S. The fourth-order valence-electron chi connectivity index (χ4n) is 5.65. The zero-order valence-electron chi connectivity index (χ0n) is 22.1. The first-order valence-electron chi connectivity index (χ1n) is 12.9. The maximum absolute atomic E-state index is 12.8. The zero-order chi connectivity index (χ0) is 27.4. The molecule has 2 aromatic rings. The summed E-state index contributed by atoms with van der Waals surface area (Å²) in [4.78, 5) is 26.9. The lowest BCUT2D eigenvalue weighted by Gasteiger charge is -2.35. The minimum Gasteiger partial charge on any atom is -0.598 e. The third-order valence-electron chi connectivity index (χ3n) is 7.18. The number of hydrogen-bond donors (Lipinski definition) is 4. The lowest BCUT2D eigenvalue weighted by molar-refractivity contribution is 0.0493. The number of amides is 2. The van der Waals surface area contributed by atoms with Crippen molar-refractivity contribution in [2.75, 3.05) is 25.4 Å². The van der Waals surface area contributed by atoms with Gasteiger partial charge in [-0.2, -0.15) is 0 Å². The number of rotatable bonds is 9. The fourth-order valence-corrected chi connectivity index (χ4v) is 6.81. The largest absolute Gasteiger partial charge is 0.598 e. The van der Waals surface area contributed by atoms with E-state index in [0.29, 0.717) is 12.8 Å². The van der Waals surface area contributed by atoms with E-state index in [-0.39, 0.29) is 43.3 Å². The fraction of sp³-hybridized carbons (Fsp3) is 0.500. The Bertz CT molecular complexity index is 1140. The maximum atomic E-state index is 12.8. The molecule has 9 nitrogen and oxygen atoms in total. The highest BCUT2D eigenvalue weighted by Gasteiger charge is 2.44. The van der Waals surface area contributed by atoms with Crippen molar-refractivity contribution in [3.8, 4) is 0 Å². The highest BCUT2D eigenvalue weighted by Crippen LogP contribution is 2.40. The van der Waals surface area contributed by atoms with Gasteiger partial charge in [-0.15, -0.1) is 4.72 Å². The predicted octanol–water partition coefficient (Wildman–Crippen LogP) is 3.15. The van der Waals surface area contributed by atoms with Gasteiger partial charge in [0.25, 0.3) is 0 Å². The molecule has 0 aromatic heterocycles. The van der Waals surface area contributed by atoms with E-state index in [1.165, 1.54) is 4.90 Å². The van der Waals surface area contributed by atoms with Crippen LogP contribution < -0.4 is 10.0 Å². The van der Waals surface area contributed by atoms with Gasteiger partial charge in [-0.1, -0.05) is 48.5 Å². The number of carbonyl (C=O) groups is 2. The van der Waals surface area contributed by atoms with E-state index >= 15 is 0 Å². The molecule has 206 valence electrons. The molecule has 0 bridgehead atoms. The molecule has 0 radical (unpaired) electrons. The Morgan fingerprint density at radius 2 is 1.66 bits per heavy atom. The highest BCUT2D eigenvalue weighted by atomic mass is 32.2. The van der Waals surface area contributed by atoms with E-state index in [0.717, 1.165) is 22.3 Å². The van der Waals surface area contributed by atoms with Gasteiger partial charge in [-0.05, 0) is 55.9 Å². The Morgan fingerprint density at radius 3 is 2.26 bits per heavy atom. The van der Waals surface area contributed by atoms with Crippen LogP contribution in [0.5, 0.6) is 0 Å². The van der Waals surface area contributed by atoms with Crippen LogP contribution in [0.15, 0.2) is 48.5 Å². The Balaban J connectivity index is 1.60. The maximum Gasteiger partial charge on any atom is 0.407 e. The Hall–Kier alpha value is -2.79. The second-order valence-corrected chi connectivity index (χ2v) is 12.2. The zero-order valence-corrected chi connectivity index (χ0v) is 22.9. The normalized spacial score (nSPS) is 22.9. The first-order chi connectivity index (χ1) is 18.1. The first-order valence-corrected chi connectivity index (χ1v) is 14.3. The smallest absolute Gasteiger partial charge is 0.407 e. The summed E-state index contributed by atoms with van der Waals surface area (Å²) in [6.07, 6.45) is -0.485. The van der Waals surface area contributed by atoms with E-state index in [1.54, 1.807) is 20.8 Å². The van der Waals surface area contributed by atoms with Crippen LogP contribution in [-0.2, 0) is 28.9 Å². The molecule has 0 spiro atoms. The molecule has 4 rings (SSSR count). The summed E-state index contributed by atoms with van der Waals surface area (Å²) in [6.45, 7) is 5.65. The number of nitrogens with one attached hydrogen (secondary N) is 2. The number of ether oxygens (including phenoxy) is 1. The molecule has 38 heavy (non-hydrogen) atoms. The number of aliphatic hydroxyl groups excluding tert-OH is 1. The molecule has 10 heteroatoms. The van der Waals surface area contributed by atoms with Crippen LogP contribution in [0, 0.1) is 0 Å². The van der Waals surface area contributed by atoms with Crippen molar-refractivity contribution in [1.29, 1.82) is 0 Å². The van der Waals surface area contributed by atoms with Crippen molar-refractivity contribution >= 4 is 23.5 Å². The van der Waals surface area contributed by atoms with E-state index in [4.69, 9.17) is 9.84 Å². The minimum absolute atomic E-state index is 0.134. The predicted molar refractivity (Wildman–Crippen MR) is 146 cm³/mol. The topological polar surface area (TPSA) is 134 Å². The Kier molecular flexibility index (Phi) is 8.87. The van der Waals surface area contributed by atoms with Crippen LogP contribution in [-0.4, -0.2) is 75.0 Å². The average Bonchev–Trinajstić information content (AvgIpc) is 3.37. The number of fused-ring (bicyclic) bond motifs is 2. The van der Waals surface area contributed by atoms with Crippen LogP contribution in [0.25, 0.3) is 0 Å². The van der Waals surface area contributed by atoms with Crippen molar-refractivity contribution in [1.82, 2.24) is 14.9 Å². The van der Waals surface area contributed by atoms with Gasteiger partial charge in [0.15, 0.2) is 0 Å². The molecule has 1 unspecified atom stereocenters. The number of hydrogen-bond acceptors (Lipinski definition) is 6. The number of benzene rings is 2. The molecular weight excluding hydrogens is 506 g/mol. The molecule has 0 saturated carbocycles. The molecule has 2 amide bonds. The summed E-state index contributed by atoms with van der Waals surface area (Å²) >= 11 is -1.44. The summed E-state index contributed by atoms with van der Waals surface area (Å²) in [5.74, 6) is -0.313. The molecule has 0 heterocycles. The molecule has 4 N–H and O–H groups in total. The summed E-state index contributed by atoms with van der Waals surface area (Å²) in [6, 6.07) is 14.9. The average molecular weight is 544 g/mol. The molecule has 0 saturated heterocycles. The standard InChI is InChI=1S/C28H37N3O6S/c1-28(2,3)37-26(33)30-24-14-18-8-4-6-10-20(18)22(24)16-31(27(34)35)25-15-19-9-5-7-11-21(19)23(25)17-38(36)29-12-13-32/h4-11,22-25,29,32H,12-17H2,1-3H3,(H,30,33)(H,34,35)/t22-,23-,24+,25+,38?/m0/s1. The van der Waals surface area contributed by atoms with Crippen molar-refractivity contribution in [2.45, 2.75) is 63.1 Å². The molecule has 0 fully saturated rings. The second kappa shape index (κ2) is 11.9. The molecule has 2 aliphatic rings. The van der Waals surface area contributed by atoms with Gasteiger partial charge >= 0.3 is 12.2 Å². The molecule has 0 aliphatic heterocycles. The molecule has 2 aliphatic carbocycles. The van der Waals surface area contributed by atoms with Crippen LogP contribution in [0.1, 0.15) is 54.9 Å². The summed E-state index contributed by atoms with van der Waals surface area (Å²) in [7, 11) is 0. The minimum atomic E-state index is -1.44. The van der Waals surface area contributed by atoms with Gasteiger partial charge in [0.1, 0.15) is 11.4 Å². The van der Waals surface area contributed by atoms with Crippen LogP contribution in [0.4, 0.5) is 9.59 Å². The number of carboxylic acid groups (broad SMARTS) is 1. The van der Waals surface area contributed by atoms with Crippen LogP contribution >= 0.6 is 0 Å². The lowest BCUT2D eigenvalue weighted by Crippen LogP contribution is -2.49. The molecule has 2 aromatic carbocycles. The number of nitrogens with zero attached hydrogens (tertiary/aromatic N) is 1. The SMILES string of the molecule is CC(C)(C)OC(=O)N[C@@H]1Cc2ccccc2[C@@H]1CN(C(=O)O)[C@@H]1Cc2ccccc2[C@@H]1C[S+]([O-])NCCO. The highest BCUT2D eigenvalue weighted by molar-refractivity contribution is 7.89. The van der Waals surface area contributed by atoms with E-state index in [9.17, 15) is 19.2 Å². The third-order valence-corrected chi connectivity index (χ3v) is 8.36.